The molecule has 20 heavy (non-hydrogen) atoms. The van der Waals surface area contributed by atoms with Gasteiger partial charge < -0.3 is 15.8 Å². The van der Waals surface area contributed by atoms with Crippen molar-refractivity contribution in [3.8, 4) is 5.75 Å². The third-order valence-electron chi connectivity index (χ3n) is 2.98. The lowest BCUT2D eigenvalue weighted by molar-refractivity contribution is -0.116. The van der Waals surface area contributed by atoms with Gasteiger partial charge in [-0.05, 0) is 24.1 Å². The van der Waals surface area contributed by atoms with Gasteiger partial charge in [-0.3, -0.25) is 4.79 Å². The molecule has 0 radical (unpaired) electrons. The lowest BCUT2D eigenvalue weighted by atomic mass is 10.1. The summed E-state index contributed by atoms with van der Waals surface area (Å²) in [6.45, 7) is 0. The zero-order chi connectivity index (χ0) is 14.4. The maximum Gasteiger partial charge on any atom is 0.224 e. The summed E-state index contributed by atoms with van der Waals surface area (Å²) in [5.74, 6) is 0.523. The summed E-state index contributed by atoms with van der Waals surface area (Å²) < 4.78 is 5.20. The van der Waals surface area contributed by atoms with E-state index in [4.69, 9.17) is 10.5 Å². The minimum Gasteiger partial charge on any atom is -0.494 e. The number of benzene rings is 2. The van der Waals surface area contributed by atoms with Gasteiger partial charge in [0.05, 0.1) is 12.8 Å². The second kappa shape index (κ2) is 6.61. The second-order valence-corrected chi connectivity index (χ2v) is 4.49. The van der Waals surface area contributed by atoms with Crippen LogP contribution in [0, 0.1) is 0 Å². The molecular formula is C16H18N2O2. The fourth-order valence-corrected chi connectivity index (χ4v) is 1.93. The zero-order valence-corrected chi connectivity index (χ0v) is 11.4. The highest BCUT2D eigenvalue weighted by Crippen LogP contribution is 2.26. The van der Waals surface area contributed by atoms with Gasteiger partial charge in [0.2, 0.25) is 5.91 Å². The number of hydrogen-bond acceptors (Lipinski definition) is 3. The number of ether oxygens (including phenoxy) is 1. The van der Waals surface area contributed by atoms with Gasteiger partial charge >= 0.3 is 0 Å². The van der Waals surface area contributed by atoms with Crippen LogP contribution in [-0.4, -0.2) is 13.0 Å². The number of aryl methyl sites for hydroxylation is 1. The fraction of sp³-hybridized carbons (Fsp3) is 0.188. The molecule has 2 aromatic rings. The summed E-state index contributed by atoms with van der Waals surface area (Å²) in [5.41, 5.74) is 8.06. The average Bonchev–Trinajstić information content (AvgIpc) is 2.48. The van der Waals surface area contributed by atoms with Crippen molar-refractivity contribution >= 4 is 17.3 Å². The molecule has 0 aromatic heterocycles. The molecule has 0 saturated carbocycles. The quantitative estimate of drug-likeness (QED) is 0.821. The Morgan fingerprint density at radius 3 is 2.65 bits per heavy atom. The summed E-state index contributed by atoms with van der Waals surface area (Å²) >= 11 is 0. The van der Waals surface area contributed by atoms with Gasteiger partial charge in [-0.25, -0.2) is 0 Å². The largest absolute Gasteiger partial charge is 0.494 e. The minimum absolute atomic E-state index is 0.0445. The SMILES string of the molecule is COc1cc(N)ccc1NC(=O)CCc1ccccc1. The van der Waals surface area contributed by atoms with Crippen LogP contribution >= 0.6 is 0 Å². The molecule has 0 bridgehead atoms. The second-order valence-electron chi connectivity index (χ2n) is 4.49. The molecule has 0 aliphatic carbocycles. The molecule has 4 nitrogen and oxygen atoms in total. The van der Waals surface area contributed by atoms with Crippen LogP contribution in [-0.2, 0) is 11.2 Å². The maximum absolute atomic E-state index is 11.9. The van der Waals surface area contributed by atoms with Crippen molar-refractivity contribution in [2.24, 2.45) is 0 Å². The van der Waals surface area contributed by atoms with Crippen molar-refractivity contribution in [2.75, 3.05) is 18.2 Å². The van der Waals surface area contributed by atoms with Crippen LogP contribution in [0.15, 0.2) is 48.5 Å². The molecule has 0 spiro atoms. The predicted molar refractivity (Wildman–Crippen MR) is 80.8 cm³/mol. The molecule has 0 heterocycles. The van der Waals surface area contributed by atoms with Gasteiger partial charge in [-0.15, -0.1) is 0 Å². The van der Waals surface area contributed by atoms with E-state index >= 15 is 0 Å². The Hall–Kier alpha value is -2.49. The molecule has 3 N–H and O–H groups in total. The first kappa shape index (κ1) is 13.9. The zero-order valence-electron chi connectivity index (χ0n) is 11.4. The first-order chi connectivity index (χ1) is 9.69. The number of hydrogen-bond donors (Lipinski definition) is 2. The van der Waals surface area contributed by atoms with Crippen molar-refractivity contribution in [1.82, 2.24) is 0 Å². The van der Waals surface area contributed by atoms with Gasteiger partial charge in [-0.1, -0.05) is 30.3 Å². The molecule has 0 aliphatic heterocycles. The van der Waals surface area contributed by atoms with E-state index in [1.807, 2.05) is 30.3 Å². The number of anilines is 2. The van der Waals surface area contributed by atoms with Crippen LogP contribution in [0.4, 0.5) is 11.4 Å². The first-order valence-corrected chi connectivity index (χ1v) is 6.46. The number of amides is 1. The maximum atomic E-state index is 11.9. The van der Waals surface area contributed by atoms with Crippen LogP contribution in [0.3, 0.4) is 0 Å². The lowest BCUT2D eigenvalue weighted by Gasteiger charge is -2.10. The standard InChI is InChI=1S/C16H18N2O2/c1-20-15-11-13(17)8-9-14(15)18-16(19)10-7-12-5-3-2-4-6-12/h2-6,8-9,11H,7,10,17H2,1H3,(H,18,19). The molecule has 2 rings (SSSR count). The normalized spacial score (nSPS) is 10.1. The Labute approximate surface area is 118 Å². The number of nitrogen functional groups attached to an aromatic ring is 1. The molecule has 104 valence electrons. The van der Waals surface area contributed by atoms with Crippen molar-refractivity contribution < 1.29 is 9.53 Å². The van der Waals surface area contributed by atoms with E-state index in [1.54, 1.807) is 25.3 Å². The lowest BCUT2D eigenvalue weighted by Crippen LogP contribution is -2.13. The van der Waals surface area contributed by atoms with Crippen LogP contribution < -0.4 is 15.8 Å². The number of methoxy groups -OCH3 is 1. The smallest absolute Gasteiger partial charge is 0.224 e. The summed E-state index contributed by atoms with van der Waals surface area (Å²) in [6, 6.07) is 15.1. The molecule has 0 saturated heterocycles. The number of carbonyl (C=O) groups is 1. The Balaban J connectivity index is 1.95. The summed E-state index contributed by atoms with van der Waals surface area (Å²) in [6.07, 6.45) is 1.14. The van der Waals surface area contributed by atoms with E-state index in [0.29, 0.717) is 30.0 Å². The van der Waals surface area contributed by atoms with E-state index in [-0.39, 0.29) is 5.91 Å². The molecule has 2 aromatic carbocycles. The van der Waals surface area contributed by atoms with E-state index in [9.17, 15) is 4.79 Å². The number of carbonyl (C=O) groups excluding carboxylic acids is 1. The first-order valence-electron chi connectivity index (χ1n) is 6.46. The number of rotatable bonds is 5. The molecule has 0 unspecified atom stereocenters. The van der Waals surface area contributed by atoms with Gasteiger partial charge in [0, 0.05) is 18.2 Å². The Bertz CT molecular complexity index is 582. The predicted octanol–water partition coefficient (Wildman–Crippen LogP) is 2.85. The molecule has 4 heteroatoms. The average molecular weight is 270 g/mol. The summed E-state index contributed by atoms with van der Waals surface area (Å²) in [5, 5.41) is 2.84. The number of nitrogens with two attached hydrogens (primary N) is 1. The Kier molecular flexibility index (Phi) is 4.60. The Morgan fingerprint density at radius 2 is 1.95 bits per heavy atom. The van der Waals surface area contributed by atoms with Crippen molar-refractivity contribution in [2.45, 2.75) is 12.8 Å². The van der Waals surface area contributed by atoms with E-state index in [0.717, 1.165) is 5.56 Å². The van der Waals surface area contributed by atoms with Gasteiger partial charge in [0.15, 0.2) is 0 Å². The van der Waals surface area contributed by atoms with E-state index < -0.39 is 0 Å². The molecular weight excluding hydrogens is 252 g/mol. The third kappa shape index (κ3) is 3.75. The molecule has 0 atom stereocenters. The third-order valence-corrected chi connectivity index (χ3v) is 2.98. The van der Waals surface area contributed by atoms with Crippen molar-refractivity contribution in [3.05, 3.63) is 54.1 Å². The molecule has 0 aliphatic rings. The van der Waals surface area contributed by atoms with Crippen LogP contribution in [0.25, 0.3) is 0 Å². The van der Waals surface area contributed by atoms with Crippen LogP contribution in [0.1, 0.15) is 12.0 Å². The van der Waals surface area contributed by atoms with Crippen molar-refractivity contribution in [1.29, 1.82) is 0 Å². The number of nitrogens with one attached hydrogen (secondary N) is 1. The van der Waals surface area contributed by atoms with Gasteiger partial charge in [-0.2, -0.15) is 0 Å². The van der Waals surface area contributed by atoms with E-state index in [1.165, 1.54) is 0 Å². The minimum atomic E-state index is -0.0445. The highest BCUT2D eigenvalue weighted by atomic mass is 16.5. The highest BCUT2D eigenvalue weighted by molar-refractivity contribution is 5.92. The van der Waals surface area contributed by atoms with Crippen LogP contribution in [0.2, 0.25) is 0 Å². The van der Waals surface area contributed by atoms with Gasteiger partial charge in [0.1, 0.15) is 5.75 Å². The molecule has 1 amide bonds. The summed E-state index contributed by atoms with van der Waals surface area (Å²) in [4.78, 5) is 11.9. The monoisotopic (exact) mass is 270 g/mol. The Morgan fingerprint density at radius 1 is 1.20 bits per heavy atom. The van der Waals surface area contributed by atoms with Gasteiger partial charge in [0.25, 0.3) is 0 Å². The molecule has 0 fully saturated rings. The fourth-order valence-electron chi connectivity index (χ4n) is 1.93. The summed E-state index contributed by atoms with van der Waals surface area (Å²) in [7, 11) is 1.55. The highest BCUT2D eigenvalue weighted by Gasteiger charge is 2.08. The van der Waals surface area contributed by atoms with Crippen LogP contribution in [0.5, 0.6) is 5.75 Å². The topological polar surface area (TPSA) is 64.3 Å². The van der Waals surface area contributed by atoms with Crippen molar-refractivity contribution in [3.63, 3.8) is 0 Å². The van der Waals surface area contributed by atoms with E-state index in [2.05, 4.69) is 5.32 Å².